The largest absolute Gasteiger partial charge is 0.480 e. The average molecular weight is 331 g/mol. The van der Waals surface area contributed by atoms with Crippen molar-refractivity contribution in [1.29, 1.82) is 0 Å². The summed E-state index contributed by atoms with van der Waals surface area (Å²) < 4.78 is 13.1. The van der Waals surface area contributed by atoms with Crippen LogP contribution in [0.1, 0.15) is 21.3 Å². The van der Waals surface area contributed by atoms with Crippen LogP contribution in [0.15, 0.2) is 54.6 Å². The molecule has 118 valence electrons. The molecule has 1 amide bonds. The monoisotopic (exact) mass is 331 g/mol. The Bertz CT molecular complexity index is 720. The molecule has 1 aliphatic rings. The number of carbonyl (C=O) groups is 2. The van der Waals surface area contributed by atoms with Crippen LogP contribution in [0.5, 0.6) is 0 Å². The summed E-state index contributed by atoms with van der Waals surface area (Å²) in [7, 11) is 0. The van der Waals surface area contributed by atoms with Crippen molar-refractivity contribution in [1.82, 2.24) is 4.90 Å². The number of aliphatic carboxylic acids is 1. The lowest BCUT2D eigenvalue weighted by Crippen LogP contribution is -2.42. The normalized spacial score (nSPS) is 20.5. The van der Waals surface area contributed by atoms with E-state index in [9.17, 15) is 19.1 Å². The Morgan fingerprint density at radius 2 is 1.74 bits per heavy atom. The summed E-state index contributed by atoms with van der Waals surface area (Å²) in [5.41, 5.74) is 1.15. The Kier molecular flexibility index (Phi) is 4.34. The van der Waals surface area contributed by atoms with Crippen LogP contribution in [0, 0.1) is 5.82 Å². The average Bonchev–Trinajstić information content (AvgIpc) is 3.01. The van der Waals surface area contributed by atoms with Gasteiger partial charge in [-0.25, -0.2) is 9.18 Å². The summed E-state index contributed by atoms with van der Waals surface area (Å²) in [6.45, 7) is 0. The fourth-order valence-corrected chi connectivity index (χ4v) is 3.98. The predicted octanol–water partition coefficient (Wildman–Crippen LogP) is 3.17. The highest BCUT2D eigenvalue weighted by Crippen LogP contribution is 2.42. The minimum atomic E-state index is -1.04. The highest BCUT2D eigenvalue weighted by Gasteiger charge is 2.42. The molecule has 6 heteroatoms. The number of carboxylic acids is 1. The molecule has 0 bridgehead atoms. The topological polar surface area (TPSA) is 57.6 Å². The lowest BCUT2D eigenvalue weighted by molar-refractivity contribution is -0.141. The molecule has 0 aromatic heterocycles. The molecule has 4 nitrogen and oxygen atoms in total. The fourth-order valence-electron chi connectivity index (χ4n) is 2.56. The molecule has 1 heterocycles. The molecular formula is C17H14FNO3S. The van der Waals surface area contributed by atoms with Crippen molar-refractivity contribution in [2.75, 3.05) is 5.75 Å². The van der Waals surface area contributed by atoms with Crippen LogP contribution in [0.2, 0.25) is 0 Å². The van der Waals surface area contributed by atoms with Crippen LogP contribution in [0.25, 0.3) is 0 Å². The number of halogens is 1. The Morgan fingerprint density at radius 3 is 2.35 bits per heavy atom. The number of benzene rings is 2. The van der Waals surface area contributed by atoms with Gasteiger partial charge in [-0.1, -0.05) is 30.3 Å². The molecule has 1 fully saturated rings. The van der Waals surface area contributed by atoms with Crippen LogP contribution in [-0.4, -0.2) is 33.7 Å². The van der Waals surface area contributed by atoms with Gasteiger partial charge in [-0.3, -0.25) is 4.79 Å². The number of hydrogen-bond acceptors (Lipinski definition) is 3. The number of thioether (sulfide) groups is 1. The van der Waals surface area contributed by atoms with Gasteiger partial charge in [-0.05, 0) is 29.8 Å². The summed E-state index contributed by atoms with van der Waals surface area (Å²) in [6.07, 6.45) is 0. The summed E-state index contributed by atoms with van der Waals surface area (Å²) in [6, 6.07) is 13.5. The van der Waals surface area contributed by atoms with Crippen molar-refractivity contribution in [3.63, 3.8) is 0 Å². The van der Waals surface area contributed by atoms with E-state index in [0.717, 1.165) is 0 Å². The quantitative estimate of drug-likeness (QED) is 0.938. The molecule has 0 unspecified atom stereocenters. The highest BCUT2D eigenvalue weighted by atomic mass is 32.2. The highest BCUT2D eigenvalue weighted by molar-refractivity contribution is 7.99. The summed E-state index contributed by atoms with van der Waals surface area (Å²) in [4.78, 5) is 25.7. The van der Waals surface area contributed by atoms with Crippen LogP contribution < -0.4 is 0 Å². The summed E-state index contributed by atoms with van der Waals surface area (Å²) >= 11 is 1.37. The van der Waals surface area contributed by atoms with E-state index in [0.29, 0.717) is 16.9 Å². The van der Waals surface area contributed by atoms with Crippen LogP contribution in [-0.2, 0) is 4.79 Å². The third-order valence-electron chi connectivity index (χ3n) is 3.70. The molecule has 1 N–H and O–H groups in total. The minimum Gasteiger partial charge on any atom is -0.480 e. The molecule has 1 aliphatic heterocycles. The molecule has 0 spiro atoms. The molecular weight excluding hydrogens is 317 g/mol. The lowest BCUT2D eigenvalue weighted by Gasteiger charge is -2.27. The smallest absolute Gasteiger partial charge is 0.327 e. The van der Waals surface area contributed by atoms with E-state index in [1.165, 1.54) is 28.8 Å². The van der Waals surface area contributed by atoms with Gasteiger partial charge in [0.2, 0.25) is 0 Å². The van der Waals surface area contributed by atoms with Gasteiger partial charge in [0.25, 0.3) is 5.91 Å². The predicted molar refractivity (Wildman–Crippen MR) is 85.6 cm³/mol. The second kappa shape index (κ2) is 6.42. The number of carboxylic acid groups (broad SMARTS) is 1. The zero-order valence-corrected chi connectivity index (χ0v) is 12.9. The first kappa shape index (κ1) is 15.6. The maximum atomic E-state index is 13.1. The first-order valence-electron chi connectivity index (χ1n) is 7.05. The van der Waals surface area contributed by atoms with E-state index >= 15 is 0 Å². The third kappa shape index (κ3) is 3.07. The van der Waals surface area contributed by atoms with Gasteiger partial charge in [0.15, 0.2) is 0 Å². The molecule has 0 radical (unpaired) electrons. The van der Waals surface area contributed by atoms with Crippen LogP contribution in [0.3, 0.4) is 0 Å². The van der Waals surface area contributed by atoms with E-state index < -0.39 is 17.4 Å². The Balaban J connectivity index is 1.97. The zero-order valence-electron chi connectivity index (χ0n) is 12.1. The van der Waals surface area contributed by atoms with Crippen LogP contribution >= 0.6 is 11.8 Å². The summed E-state index contributed by atoms with van der Waals surface area (Å²) in [5, 5.41) is 8.98. The molecule has 2 aromatic carbocycles. The first-order valence-corrected chi connectivity index (χ1v) is 8.10. The van der Waals surface area contributed by atoms with E-state index in [1.54, 1.807) is 42.5 Å². The molecule has 3 rings (SSSR count). The Labute approximate surface area is 136 Å². The van der Waals surface area contributed by atoms with Crippen molar-refractivity contribution in [2.45, 2.75) is 11.4 Å². The first-order chi connectivity index (χ1) is 11.1. The molecule has 0 saturated carbocycles. The van der Waals surface area contributed by atoms with Crippen molar-refractivity contribution >= 4 is 23.6 Å². The van der Waals surface area contributed by atoms with Gasteiger partial charge in [0, 0.05) is 11.3 Å². The Morgan fingerprint density at radius 1 is 1.09 bits per heavy atom. The number of rotatable bonds is 3. The van der Waals surface area contributed by atoms with Gasteiger partial charge in [-0.15, -0.1) is 11.8 Å². The summed E-state index contributed by atoms with van der Waals surface area (Å²) in [5.74, 6) is -1.44. The molecule has 1 saturated heterocycles. The number of carbonyl (C=O) groups excluding carboxylic acids is 1. The lowest BCUT2D eigenvalue weighted by atomic mass is 10.1. The van der Waals surface area contributed by atoms with E-state index in [2.05, 4.69) is 0 Å². The van der Waals surface area contributed by atoms with Crippen molar-refractivity contribution < 1.29 is 19.1 Å². The second-order valence-corrected chi connectivity index (χ2v) is 6.28. The maximum absolute atomic E-state index is 13.1. The second-order valence-electron chi connectivity index (χ2n) is 5.17. The van der Waals surface area contributed by atoms with Gasteiger partial charge < -0.3 is 10.0 Å². The van der Waals surface area contributed by atoms with Crippen molar-refractivity contribution in [2.24, 2.45) is 0 Å². The van der Waals surface area contributed by atoms with Crippen molar-refractivity contribution in [3.05, 3.63) is 71.5 Å². The minimum absolute atomic E-state index is 0.302. The Hall–Kier alpha value is -2.34. The number of nitrogens with zero attached hydrogens (tertiary/aromatic N) is 1. The molecule has 2 aromatic rings. The molecule has 2 atom stereocenters. The SMILES string of the molecule is O=C(O)[C@@H]1CS[C@@H](c2ccc(F)cc2)N1C(=O)c1ccccc1. The van der Waals surface area contributed by atoms with Crippen molar-refractivity contribution in [3.8, 4) is 0 Å². The standard InChI is InChI=1S/C17H14FNO3S/c18-13-8-6-12(7-9-13)16-19(14(10-23-16)17(21)22)15(20)11-4-2-1-3-5-11/h1-9,14,16H,10H2,(H,21,22)/t14-,16-/m0/s1. The fraction of sp³-hybridized carbons (Fsp3) is 0.176. The van der Waals surface area contributed by atoms with E-state index in [4.69, 9.17) is 0 Å². The maximum Gasteiger partial charge on any atom is 0.327 e. The van der Waals surface area contributed by atoms with E-state index in [-0.39, 0.29) is 11.7 Å². The van der Waals surface area contributed by atoms with Gasteiger partial charge in [0.05, 0.1) is 0 Å². The zero-order chi connectivity index (χ0) is 16.4. The molecule has 23 heavy (non-hydrogen) atoms. The van der Waals surface area contributed by atoms with Crippen LogP contribution in [0.4, 0.5) is 4.39 Å². The third-order valence-corrected chi connectivity index (χ3v) is 5.02. The molecule has 0 aliphatic carbocycles. The van der Waals surface area contributed by atoms with Gasteiger partial charge >= 0.3 is 5.97 Å². The number of hydrogen-bond donors (Lipinski definition) is 1. The number of amides is 1. The van der Waals surface area contributed by atoms with E-state index in [1.807, 2.05) is 0 Å². The van der Waals surface area contributed by atoms with Gasteiger partial charge in [-0.2, -0.15) is 0 Å². The van der Waals surface area contributed by atoms with Gasteiger partial charge in [0.1, 0.15) is 17.2 Å².